The summed E-state index contributed by atoms with van der Waals surface area (Å²) in [4.78, 5) is 27.4. The molecule has 6 nitrogen and oxygen atoms in total. The lowest BCUT2D eigenvalue weighted by Crippen LogP contribution is -2.43. The molecule has 8 heteroatoms. The molecular weight excluding hydrogens is 377 g/mol. The third kappa shape index (κ3) is 6.76. The highest BCUT2D eigenvalue weighted by Crippen LogP contribution is 2.19. The van der Waals surface area contributed by atoms with Crippen molar-refractivity contribution < 1.29 is 14.7 Å². The van der Waals surface area contributed by atoms with Crippen molar-refractivity contribution in [3.05, 3.63) is 29.3 Å². The van der Waals surface area contributed by atoms with Crippen molar-refractivity contribution >= 4 is 41.6 Å². The van der Waals surface area contributed by atoms with Gasteiger partial charge in [-0.05, 0) is 64.0 Å². The number of carboxylic acids is 1. The highest BCUT2D eigenvalue weighted by molar-refractivity contribution is 6.30. The normalized spacial score (nSPS) is 19.3. The van der Waals surface area contributed by atoms with Crippen LogP contribution in [0.1, 0.15) is 26.2 Å². The van der Waals surface area contributed by atoms with Gasteiger partial charge in [0, 0.05) is 23.3 Å². The fraction of sp³-hybridized carbons (Fsp3) is 0.556. The lowest BCUT2D eigenvalue weighted by molar-refractivity contribution is -0.138. The monoisotopic (exact) mass is 403 g/mol. The average molecular weight is 404 g/mol. The Hall–Kier alpha value is -1.34. The fourth-order valence-electron chi connectivity index (χ4n) is 3.22. The van der Waals surface area contributed by atoms with Crippen molar-refractivity contribution in [3.8, 4) is 0 Å². The van der Waals surface area contributed by atoms with Gasteiger partial charge in [0.05, 0.1) is 12.6 Å². The van der Waals surface area contributed by atoms with Gasteiger partial charge in [0.15, 0.2) is 0 Å². The maximum Gasteiger partial charge on any atom is 0.317 e. The van der Waals surface area contributed by atoms with Crippen molar-refractivity contribution in [2.45, 2.75) is 38.3 Å². The van der Waals surface area contributed by atoms with Crippen molar-refractivity contribution in [1.29, 1.82) is 0 Å². The minimum absolute atomic E-state index is 0. The zero-order valence-electron chi connectivity index (χ0n) is 15.2. The molecule has 2 rings (SSSR count). The minimum Gasteiger partial charge on any atom is -0.480 e. The Bertz CT molecular complexity index is 598. The Balaban J connectivity index is 0.00000338. The molecule has 2 unspecified atom stereocenters. The second-order valence-electron chi connectivity index (χ2n) is 6.60. The number of carbonyl (C=O) groups is 2. The van der Waals surface area contributed by atoms with Crippen molar-refractivity contribution in [2.75, 3.05) is 32.0 Å². The van der Waals surface area contributed by atoms with E-state index in [1.165, 1.54) is 0 Å². The first kappa shape index (κ1) is 22.7. The average Bonchev–Trinajstić information content (AvgIpc) is 2.81. The molecule has 2 N–H and O–H groups in total. The van der Waals surface area contributed by atoms with E-state index >= 15 is 0 Å². The molecule has 1 heterocycles. The summed E-state index contributed by atoms with van der Waals surface area (Å²) in [6, 6.07) is 7.07. The van der Waals surface area contributed by atoms with Crippen LogP contribution in [-0.4, -0.2) is 65.5 Å². The first-order valence-corrected chi connectivity index (χ1v) is 8.97. The molecule has 1 aliphatic rings. The first-order chi connectivity index (χ1) is 11.9. The summed E-state index contributed by atoms with van der Waals surface area (Å²) >= 11 is 5.86. The number of benzene rings is 1. The third-order valence-corrected chi connectivity index (χ3v) is 5.03. The van der Waals surface area contributed by atoms with Gasteiger partial charge in [-0.3, -0.25) is 19.4 Å². The van der Waals surface area contributed by atoms with E-state index in [9.17, 15) is 9.59 Å². The highest BCUT2D eigenvalue weighted by atomic mass is 35.5. The molecule has 1 aromatic rings. The number of nitrogens with one attached hydrogen (secondary N) is 1. The molecule has 0 aromatic heterocycles. The zero-order valence-corrected chi connectivity index (χ0v) is 16.7. The maximum atomic E-state index is 12.5. The number of aliphatic carboxylic acids is 1. The van der Waals surface area contributed by atoms with Gasteiger partial charge in [-0.2, -0.15) is 0 Å². The molecule has 2 atom stereocenters. The fourth-order valence-corrected chi connectivity index (χ4v) is 3.34. The smallest absolute Gasteiger partial charge is 0.317 e. The summed E-state index contributed by atoms with van der Waals surface area (Å²) in [6.45, 7) is 3.58. The van der Waals surface area contributed by atoms with Crippen LogP contribution >= 0.6 is 24.0 Å². The van der Waals surface area contributed by atoms with Crippen LogP contribution in [0.25, 0.3) is 0 Å². The van der Waals surface area contributed by atoms with Gasteiger partial charge < -0.3 is 10.4 Å². The number of likely N-dealkylation sites (N-methyl/N-ethyl adjacent to an activating group) is 1. The summed E-state index contributed by atoms with van der Waals surface area (Å²) in [5, 5.41) is 12.5. The number of nitrogens with zero attached hydrogens (tertiary/aromatic N) is 2. The predicted octanol–water partition coefficient (Wildman–Crippen LogP) is 2.96. The zero-order chi connectivity index (χ0) is 18.4. The first-order valence-electron chi connectivity index (χ1n) is 8.59. The van der Waals surface area contributed by atoms with E-state index in [1.54, 1.807) is 24.3 Å². The number of rotatable bonds is 6. The summed E-state index contributed by atoms with van der Waals surface area (Å²) < 4.78 is 0. The lowest BCUT2D eigenvalue weighted by atomic mass is 10.1. The van der Waals surface area contributed by atoms with E-state index < -0.39 is 5.97 Å². The van der Waals surface area contributed by atoms with E-state index in [1.807, 2.05) is 18.9 Å². The van der Waals surface area contributed by atoms with Gasteiger partial charge >= 0.3 is 5.97 Å². The number of hydrogen-bond acceptors (Lipinski definition) is 4. The van der Waals surface area contributed by atoms with Crippen molar-refractivity contribution in [2.24, 2.45) is 0 Å². The van der Waals surface area contributed by atoms with Crippen molar-refractivity contribution in [1.82, 2.24) is 9.80 Å². The van der Waals surface area contributed by atoms with E-state index in [-0.39, 0.29) is 36.9 Å². The maximum absolute atomic E-state index is 12.5. The van der Waals surface area contributed by atoms with E-state index in [0.29, 0.717) is 5.02 Å². The molecule has 1 fully saturated rings. The van der Waals surface area contributed by atoms with Crippen LogP contribution in [0.15, 0.2) is 24.3 Å². The number of carbonyl (C=O) groups excluding carboxylic acids is 1. The summed E-state index contributed by atoms with van der Waals surface area (Å²) in [7, 11) is 1.85. The number of amides is 1. The number of halogens is 2. The third-order valence-electron chi connectivity index (χ3n) is 4.78. The second-order valence-corrected chi connectivity index (χ2v) is 7.04. The second kappa shape index (κ2) is 10.7. The molecule has 0 bridgehead atoms. The molecule has 0 aliphatic carbocycles. The Labute approximate surface area is 165 Å². The molecule has 26 heavy (non-hydrogen) atoms. The molecular formula is C18H27Cl2N3O3. The van der Waals surface area contributed by atoms with Gasteiger partial charge in [0.2, 0.25) is 5.91 Å². The standard InChI is InChI=1S/C18H26ClN3O3.ClH/c1-13(18(25)20-15-7-5-14(19)6-8-15)22-10-3-4-16(9-11-22)21(2)12-17(23)24;/h5-8,13,16H,3-4,9-12H2,1-2H3,(H,20,25)(H,23,24);1H. The molecule has 0 radical (unpaired) electrons. The molecule has 146 valence electrons. The molecule has 0 spiro atoms. The molecule has 1 aliphatic heterocycles. The quantitative estimate of drug-likeness (QED) is 0.763. The van der Waals surface area contributed by atoms with Gasteiger partial charge in [-0.25, -0.2) is 0 Å². The van der Waals surface area contributed by atoms with Crippen LogP contribution in [0.5, 0.6) is 0 Å². The van der Waals surface area contributed by atoms with Gasteiger partial charge in [-0.1, -0.05) is 11.6 Å². The SMILES string of the molecule is CC(C(=O)Nc1ccc(Cl)cc1)N1CCCC(N(C)CC(=O)O)CC1.Cl. The molecule has 1 saturated heterocycles. The number of anilines is 1. The minimum atomic E-state index is -0.806. The Kier molecular flexibility index (Phi) is 9.36. The Morgan fingerprint density at radius 3 is 2.58 bits per heavy atom. The van der Waals surface area contributed by atoms with Crippen LogP contribution in [0.3, 0.4) is 0 Å². The van der Waals surface area contributed by atoms with Gasteiger partial charge in [0.25, 0.3) is 0 Å². The predicted molar refractivity (Wildman–Crippen MR) is 106 cm³/mol. The largest absolute Gasteiger partial charge is 0.480 e. The summed E-state index contributed by atoms with van der Waals surface area (Å²) in [6.07, 6.45) is 2.77. The number of hydrogen-bond donors (Lipinski definition) is 2. The molecule has 0 saturated carbocycles. The van der Waals surface area contributed by atoms with Crippen molar-refractivity contribution in [3.63, 3.8) is 0 Å². The van der Waals surface area contributed by atoms with E-state index in [0.717, 1.165) is 38.0 Å². The van der Waals surface area contributed by atoms with Gasteiger partial charge in [0.1, 0.15) is 0 Å². The molecule has 1 amide bonds. The number of likely N-dealkylation sites (tertiary alicyclic amines) is 1. The Morgan fingerprint density at radius 1 is 1.31 bits per heavy atom. The van der Waals surface area contributed by atoms with E-state index in [4.69, 9.17) is 16.7 Å². The topological polar surface area (TPSA) is 72.9 Å². The van der Waals surface area contributed by atoms with E-state index in [2.05, 4.69) is 10.2 Å². The van der Waals surface area contributed by atoms with Gasteiger partial charge in [-0.15, -0.1) is 12.4 Å². The summed E-state index contributed by atoms with van der Waals surface area (Å²) in [5.74, 6) is -0.848. The van der Waals surface area contributed by atoms with Crippen LogP contribution in [0, 0.1) is 0 Å². The van der Waals surface area contributed by atoms with Crippen LogP contribution < -0.4 is 5.32 Å². The summed E-state index contributed by atoms with van der Waals surface area (Å²) in [5.41, 5.74) is 0.732. The Morgan fingerprint density at radius 2 is 1.96 bits per heavy atom. The van der Waals surface area contributed by atoms with Crippen LogP contribution in [0.2, 0.25) is 5.02 Å². The number of carboxylic acid groups (broad SMARTS) is 1. The lowest BCUT2D eigenvalue weighted by Gasteiger charge is -2.28. The highest BCUT2D eigenvalue weighted by Gasteiger charge is 2.26. The molecule has 1 aromatic carbocycles. The van der Waals surface area contributed by atoms with Crippen LogP contribution in [0.4, 0.5) is 5.69 Å². The van der Waals surface area contributed by atoms with Crippen LogP contribution in [-0.2, 0) is 9.59 Å².